The molecule has 0 aliphatic carbocycles. The van der Waals surface area contributed by atoms with Crippen LogP contribution >= 0.6 is 11.3 Å². The molecule has 0 spiro atoms. The van der Waals surface area contributed by atoms with Gasteiger partial charge in [-0.1, -0.05) is 49.4 Å². The zero-order chi connectivity index (χ0) is 17.2. The first kappa shape index (κ1) is 15.7. The minimum atomic E-state index is -0.304. The normalized spacial score (nSPS) is 11.0. The highest BCUT2D eigenvalue weighted by Crippen LogP contribution is 2.33. The van der Waals surface area contributed by atoms with Crippen LogP contribution in [-0.4, -0.2) is 9.97 Å². The van der Waals surface area contributed by atoms with Crippen molar-refractivity contribution in [3.63, 3.8) is 0 Å². The van der Waals surface area contributed by atoms with Crippen LogP contribution < -0.4 is 5.32 Å². The number of aromatic nitrogens is 2. The van der Waals surface area contributed by atoms with E-state index in [9.17, 15) is 4.39 Å². The van der Waals surface area contributed by atoms with Crippen molar-refractivity contribution in [3.8, 4) is 11.4 Å². The van der Waals surface area contributed by atoms with Gasteiger partial charge < -0.3 is 5.32 Å². The monoisotopic (exact) mass is 349 g/mol. The Morgan fingerprint density at radius 2 is 1.76 bits per heavy atom. The largest absolute Gasteiger partial charge is 0.337 e. The number of thiophene rings is 1. The third kappa shape index (κ3) is 3.10. The molecule has 0 unspecified atom stereocenters. The SMILES string of the molecule is CCc1cc2c(Nc3ccccc3F)nc(-c3ccccc3)nc2s1. The van der Waals surface area contributed by atoms with Crippen LogP contribution in [-0.2, 0) is 6.42 Å². The van der Waals surface area contributed by atoms with Gasteiger partial charge >= 0.3 is 0 Å². The Bertz CT molecular complexity index is 1030. The van der Waals surface area contributed by atoms with E-state index < -0.39 is 0 Å². The van der Waals surface area contributed by atoms with Gasteiger partial charge in [-0.25, -0.2) is 14.4 Å². The van der Waals surface area contributed by atoms with Crippen molar-refractivity contribution in [1.82, 2.24) is 9.97 Å². The fraction of sp³-hybridized carbons (Fsp3) is 0.100. The molecule has 0 atom stereocenters. The summed E-state index contributed by atoms with van der Waals surface area (Å²) >= 11 is 1.65. The number of para-hydroxylation sites is 1. The molecular weight excluding hydrogens is 333 g/mol. The van der Waals surface area contributed by atoms with Crippen LogP contribution in [0.5, 0.6) is 0 Å². The zero-order valence-corrected chi connectivity index (χ0v) is 14.5. The van der Waals surface area contributed by atoms with E-state index in [0.29, 0.717) is 17.3 Å². The van der Waals surface area contributed by atoms with E-state index >= 15 is 0 Å². The number of halogens is 1. The highest BCUT2D eigenvalue weighted by Gasteiger charge is 2.14. The lowest BCUT2D eigenvalue weighted by Crippen LogP contribution is -1.99. The lowest BCUT2D eigenvalue weighted by atomic mass is 10.2. The van der Waals surface area contributed by atoms with Crippen molar-refractivity contribution in [2.45, 2.75) is 13.3 Å². The Morgan fingerprint density at radius 1 is 1.00 bits per heavy atom. The van der Waals surface area contributed by atoms with Gasteiger partial charge in [-0.3, -0.25) is 0 Å². The average molecular weight is 349 g/mol. The van der Waals surface area contributed by atoms with Gasteiger partial charge in [0.25, 0.3) is 0 Å². The molecule has 4 rings (SSSR count). The maximum atomic E-state index is 14.1. The molecule has 0 bridgehead atoms. The predicted molar refractivity (Wildman–Crippen MR) is 102 cm³/mol. The van der Waals surface area contributed by atoms with Crippen molar-refractivity contribution in [2.24, 2.45) is 0 Å². The number of hydrogen-bond donors (Lipinski definition) is 1. The summed E-state index contributed by atoms with van der Waals surface area (Å²) in [5.74, 6) is 0.961. The molecule has 25 heavy (non-hydrogen) atoms. The molecule has 0 saturated carbocycles. The van der Waals surface area contributed by atoms with Crippen molar-refractivity contribution in [2.75, 3.05) is 5.32 Å². The average Bonchev–Trinajstić information content (AvgIpc) is 3.08. The number of rotatable bonds is 4. The molecule has 0 radical (unpaired) electrons. The standard InChI is InChI=1S/C20H16FN3S/c1-2-14-12-15-19(22-17-11-7-6-10-16(17)21)23-18(24-20(15)25-14)13-8-4-3-5-9-13/h3-12H,2H2,1H3,(H,22,23,24). The Kier molecular flexibility index (Phi) is 4.15. The lowest BCUT2D eigenvalue weighted by Gasteiger charge is -2.09. The van der Waals surface area contributed by atoms with Gasteiger partial charge in [0.15, 0.2) is 5.82 Å². The van der Waals surface area contributed by atoms with Crippen molar-refractivity contribution in [1.29, 1.82) is 0 Å². The summed E-state index contributed by atoms with van der Waals surface area (Å²) in [6.07, 6.45) is 0.931. The van der Waals surface area contributed by atoms with Crippen LogP contribution in [0.15, 0.2) is 60.7 Å². The number of benzene rings is 2. The van der Waals surface area contributed by atoms with Crippen LogP contribution in [0, 0.1) is 5.82 Å². The molecule has 124 valence electrons. The van der Waals surface area contributed by atoms with Gasteiger partial charge in [-0.2, -0.15) is 0 Å². The maximum Gasteiger partial charge on any atom is 0.163 e. The third-order valence-electron chi connectivity index (χ3n) is 3.95. The van der Waals surface area contributed by atoms with Crippen LogP contribution in [0.2, 0.25) is 0 Å². The molecule has 4 aromatic rings. The number of fused-ring (bicyclic) bond motifs is 1. The van der Waals surface area contributed by atoms with Gasteiger partial charge in [0.2, 0.25) is 0 Å². The second kappa shape index (κ2) is 6.61. The number of aryl methyl sites for hydroxylation is 1. The van der Waals surface area contributed by atoms with Gasteiger partial charge in [-0.05, 0) is 24.6 Å². The number of anilines is 2. The van der Waals surface area contributed by atoms with Crippen LogP contribution in [0.4, 0.5) is 15.9 Å². The van der Waals surface area contributed by atoms with Gasteiger partial charge in [0, 0.05) is 10.4 Å². The predicted octanol–water partition coefficient (Wildman–Crippen LogP) is 5.80. The molecule has 0 aliphatic heterocycles. The molecule has 2 heterocycles. The lowest BCUT2D eigenvalue weighted by molar-refractivity contribution is 0.632. The summed E-state index contributed by atoms with van der Waals surface area (Å²) in [6.45, 7) is 2.11. The second-order valence-electron chi connectivity index (χ2n) is 5.65. The smallest absolute Gasteiger partial charge is 0.163 e. The fourth-order valence-corrected chi connectivity index (χ4v) is 3.61. The van der Waals surface area contributed by atoms with E-state index in [1.54, 1.807) is 29.5 Å². The number of nitrogens with one attached hydrogen (secondary N) is 1. The maximum absolute atomic E-state index is 14.1. The Morgan fingerprint density at radius 3 is 2.52 bits per heavy atom. The molecule has 0 fully saturated rings. The van der Waals surface area contributed by atoms with E-state index in [4.69, 9.17) is 4.98 Å². The molecule has 1 N–H and O–H groups in total. The zero-order valence-electron chi connectivity index (χ0n) is 13.7. The fourth-order valence-electron chi connectivity index (χ4n) is 2.65. The summed E-state index contributed by atoms with van der Waals surface area (Å²) in [5, 5.41) is 4.06. The molecule has 0 aliphatic rings. The van der Waals surface area contributed by atoms with Gasteiger partial charge in [0.05, 0.1) is 11.1 Å². The van der Waals surface area contributed by atoms with Crippen LogP contribution in [0.25, 0.3) is 21.6 Å². The molecular formula is C20H16FN3S. The summed E-state index contributed by atoms with van der Waals surface area (Å²) < 4.78 is 14.1. The van der Waals surface area contributed by atoms with E-state index in [0.717, 1.165) is 22.2 Å². The van der Waals surface area contributed by atoms with Crippen molar-refractivity contribution >= 4 is 33.1 Å². The van der Waals surface area contributed by atoms with Crippen molar-refractivity contribution < 1.29 is 4.39 Å². The highest BCUT2D eigenvalue weighted by atomic mass is 32.1. The topological polar surface area (TPSA) is 37.8 Å². The first-order chi connectivity index (χ1) is 12.2. The minimum absolute atomic E-state index is 0.304. The van der Waals surface area contributed by atoms with Gasteiger partial charge in [0.1, 0.15) is 16.5 Å². The molecule has 2 aromatic heterocycles. The Labute approximate surface area is 149 Å². The molecule has 3 nitrogen and oxygen atoms in total. The summed E-state index contributed by atoms with van der Waals surface area (Å²) in [6, 6.07) is 18.5. The van der Waals surface area contributed by atoms with E-state index in [1.165, 1.54) is 10.9 Å². The Balaban J connectivity index is 1.88. The van der Waals surface area contributed by atoms with E-state index in [2.05, 4.69) is 23.3 Å². The second-order valence-corrected chi connectivity index (χ2v) is 6.77. The van der Waals surface area contributed by atoms with E-state index in [1.807, 2.05) is 30.3 Å². The first-order valence-electron chi connectivity index (χ1n) is 8.12. The molecule has 2 aromatic carbocycles. The van der Waals surface area contributed by atoms with E-state index in [-0.39, 0.29) is 5.82 Å². The molecule has 0 saturated heterocycles. The summed E-state index contributed by atoms with van der Waals surface area (Å²) in [7, 11) is 0. The van der Waals surface area contributed by atoms with Crippen molar-refractivity contribution in [3.05, 3.63) is 71.4 Å². The highest BCUT2D eigenvalue weighted by molar-refractivity contribution is 7.18. The Hall–Kier alpha value is -2.79. The summed E-state index contributed by atoms with van der Waals surface area (Å²) in [4.78, 5) is 11.5. The number of hydrogen-bond acceptors (Lipinski definition) is 4. The summed E-state index contributed by atoms with van der Waals surface area (Å²) in [5.41, 5.74) is 1.35. The third-order valence-corrected chi connectivity index (χ3v) is 5.12. The first-order valence-corrected chi connectivity index (χ1v) is 8.93. The van der Waals surface area contributed by atoms with Crippen LogP contribution in [0.1, 0.15) is 11.8 Å². The molecule has 5 heteroatoms. The number of nitrogens with zero attached hydrogens (tertiary/aromatic N) is 2. The minimum Gasteiger partial charge on any atom is -0.337 e. The molecule has 0 amide bonds. The van der Waals surface area contributed by atoms with Gasteiger partial charge in [-0.15, -0.1) is 11.3 Å². The van der Waals surface area contributed by atoms with Crippen LogP contribution in [0.3, 0.4) is 0 Å². The quantitative estimate of drug-likeness (QED) is 0.506.